The van der Waals surface area contributed by atoms with Crippen LogP contribution >= 0.6 is 0 Å². The number of aryl methyl sites for hydroxylation is 1. The van der Waals surface area contributed by atoms with Gasteiger partial charge >= 0.3 is 0 Å². The fourth-order valence-electron chi connectivity index (χ4n) is 3.12. The van der Waals surface area contributed by atoms with E-state index in [2.05, 4.69) is 17.0 Å². The lowest BCUT2D eigenvalue weighted by molar-refractivity contribution is -0.122. The molecule has 1 saturated heterocycles. The van der Waals surface area contributed by atoms with Gasteiger partial charge in [0.25, 0.3) is 0 Å². The molecule has 0 spiro atoms. The van der Waals surface area contributed by atoms with Crippen molar-refractivity contribution in [2.45, 2.75) is 24.7 Å². The van der Waals surface area contributed by atoms with Gasteiger partial charge in [-0.2, -0.15) is 0 Å². The van der Waals surface area contributed by atoms with E-state index in [0.717, 1.165) is 12.1 Å². The normalized spacial score (nSPS) is 17.0. The number of amides is 2. The maximum Gasteiger partial charge on any atom is 0.240 e. The Labute approximate surface area is 164 Å². The molecule has 0 radical (unpaired) electrons. The molecule has 2 N–H and O–H groups in total. The molecule has 3 rings (SSSR count). The molecular formula is C20H23N3O4S. The molecule has 28 heavy (non-hydrogen) atoms. The van der Waals surface area contributed by atoms with Gasteiger partial charge in [-0.25, -0.2) is 13.1 Å². The van der Waals surface area contributed by atoms with Gasteiger partial charge in [0.1, 0.15) is 0 Å². The molecule has 1 atom stereocenters. The summed E-state index contributed by atoms with van der Waals surface area (Å²) >= 11 is 0. The first-order valence-corrected chi connectivity index (χ1v) is 10.6. The Hall–Kier alpha value is -2.71. The van der Waals surface area contributed by atoms with E-state index < -0.39 is 15.9 Å². The van der Waals surface area contributed by atoms with E-state index in [0.29, 0.717) is 12.2 Å². The van der Waals surface area contributed by atoms with Crippen LogP contribution in [0.2, 0.25) is 0 Å². The quantitative estimate of drug-likeness (QED) is 0.775. The van der Waals surface area contributed by atoms with Crippen LogP contribution in [0.3, 0.4) is 0 Å². The zero-order valence-corrected chi connectivity index (χ0v) is 16.6. The average molecular weight is 401 g/mol. The molecule has 0 unspecified atom stereocenters. The molecule has 8 heteroatoms. The van der Waals surface area contributed by atoms with Crippen LogP contribution in [0, 0.1) is 5.92 Å². The predicted octanol–water partition coefficient (Wildman–Crippen LogP) is 2.15. The van der Waals surface area contributed by atoms with Crippen LogP contribution in [0.25, 0.3) is 0 Å². The van der Waals surface area contributed by atoms with Crippen molar-refractivity contribution in [3.05, 3.63) is 54.1 Å². The smallest absolute Gasteiger partial charge is 0.240 e. The Kier molecular flexibility index (Phi) is 5.81. The largest absolute Gasteiger partial charge is 0.326 e. The maximum absolute atomic E-state index is 12.6. The molecule has 1 fully saturated rings. The fourth-order valence-corrected chi connectivity index (χ4v) is 3.85. The summed E-state index contributed by atoms with van der Waals surface area (Å²) in [6.07, 6.45) is 1.07. The number of carbonyl (C=O) groups excluding carboxylic acids is 2. The van der Waals surface area contributed by atoms with E-state index in [9.17, 15) is 18.0 Å². The number of hydrogen-bond acceptors (Lipinski definition) is 4. The number of nitrogens with zero attached hydrogens (tertiary/aromatic N) is 1. The number of nitrogens with one attached hydrogen (secondary N) is 2. The van der Waals surface area contributed by atoms with Crippen LogP contribution in [0.5, 0.6) is 0 Å². The van der Waals surface area contributed by atoms with Crippen molar-refractivity contribution in [2.75, 3.05) is 23.8 Å². The molecule has 1 aliphatic rings. The molecule has 2 aromatic carbocycles. The Morgan fingerprint density at radius 3 is 2.32 bits per heavy atom. The molecule has 1 heterocycles. The van der Waals surface area contributed by atoms with Gasteiger partial charge in [0, 0.05) is 24.3 Å². The van der Waals surface area contributed by atoms with Gasteiger partial charge in [-0.15, -0.1) is 0 Å². The van der Waals surface area contributed by atoms with Crippen molar-refractivity contribution in [1.82, 2.24) is 4.72 Å². The number of benzene rings is 2. The van der Waals surface area contributed by atoms with E-state index in [-0.39, 0.29) is 23.1 Å². The minimum absolute atomic E-state index is 0.0835. The van der Waals surface area contributed by atoms with Crippen LogP contribution in [0.15, 0.2) is 53.4 Å². The molecule has 0 saturated carbocycles. The van der Waals surface area contributed by atoms with E-state index >= 15 is 0 Å². The van der Waals surface area contributed by atoms with Gasteiger partial charge in [0.2, 0.25) is 21.8 Å². The van der Waals surface area contributed by atoms with Crippen LogP contribution < -0.4 is 14.9 Å². The predicted molar refractivity (Wildman–Crippen MR) is 108 cm³/mol. The van der Waals surface area contributed by atoms with Gasteiger partial charge in [0.15, 0.2) is 0 Å². The maximum atomic E-state index is 12.6. The Bertz CT molecular complexity index is 970. The van der Waals surface area contributed by atoms with Crippen molar-refractivity contribution in [3.63, 3.8) is 0 Å². The highest BCUT2D eigenvalue weighted by Gasteiger charge is 2.35. The minimum Gasteiger partial charge on any atom is -0.326 e. The van der Waals surface area contributed by atoms with Gasteiger partial charge < -0.3 is 10.2 Å². The molecule has 0 bridgehead atoms. The van der Waals surface area contributed by atoms with Gasteiger partial charge in [0.05, 0.1) is 10.8 Å². The van der Waals surface area contributed by atoms with Crippen molar-refractivity contribution < 1.29 is 18.0 Å². The first-order valence-electron chi connectivity index (χ1n) is 9.08. The standard InChI is InChI=1S/C20H23N3O4S/c1-3-14-4-8-17(9-5-14)23-13-15(12-19(23)24)20(25)22-16-6-10-18(11-7-16)28(26,27)21-2/h4-11,15,21H,3,12-13H2,1-2H3,(H,22,25)/t15-/m0/s1. The summed E-state index contributed by atoms with van der Waals surface area (Å²) in [5.74, 6) is -0.802. The van der Waals surface area contributed by atoms with Gasteiger partial charge in [-0.3, -0.25) is 9.59 Å². The molecule has 2 aromatic rings. The van der Waals surface area contributed by atoms with Crippen molar-refractivity contribution in [3.8, 4) is 0 Å². The minimum atomic E-state index is -3.52. The summed E-state index contributed by atoms with van der Waals surface area (Å²) < 4.78 is 25.7. The number of sulfonamides is 1. The second-order valence-electron chi connectivity index (χ2n) is 6.65. The van der Waals surface area contributed by atoms with Crippen LogP contribution in [0.4, 0.5) is 11.4 Å². The number of carbonyl (C=O) groups is 2. The number of hydrogen-bond donors (Lipinski definition) is 2. The molecule has 7 nitrogen and oxygen atoms in total. The number of anilines is 2. The lowest BCUT2D eigenvalue weighted by Gasteiger charge is -2.17. The monoisotopic (exact) mass is 401 g/mol. The fraction of sp³-hybridized carbons (Fsp3) is 0.300. The second kappa shape index (κ2) is 8.12. The first-order chi connectivity index (χ1) is 13.3. The third-order valence-electron chi connectivity index (χ3n) is 4.85. The Morgan fingerprint density at radius 2 is 1.75 bits per heavy atom. The van der Waals surface area contributed by atoms with E-state index in [4.69, 9.17) is 0 Å². The van der Waals surface area contributed by atoms with Crippen LogP contribution in [-0.4, -0.2) is 33.8 Å². The zero-order valence-electron chi connectivity index (χ0n) is 15.8. The summed E-state index contributed by atoms with van der Waals surface area (Å²) in [5.41, 5.74) is 2.46. The van der Waals surface area contributed by atoms with E-state index in [1.807, 2.05) is 24.3 Å². The summed E-state index contributed by atoms with van der Waals surface area (Å²) in [4.78, 5) is 26.7. The van der Waals surface area contributed by atoms with Gasteiger partial charge in [-0.1, -0.05) is 19.1 Å². The van der Waals surface area contributed by atoms with Crippen molar-refractivity contribution >= 4 is 33.2 Å². The topological polar surface area (TPSA) is 95.6 Å². The third kappa shape index (κ3) is 4.23. The van der Waals surface area contributed by atoms with Crippen LogP contribution in [-0.2, 0) is 26.0 Å². The summed E-state index contributed by atoms with van der Waals surface area (Å²) in [6, 6.07) is 13.7. The number of rotatable bonds is 6. The molecule has 0 aromatic heterocycles. The first kappa shape index (κ1) is 20.0. The molecular weight excluding hydrogens is 378 g/mol. The Balaban J connectivity index is 1.66. The molecule has 0 aliphatic carbocycles. The SMILES string of the molecule is CCc1ccc(N2C[C@@H](C(=O)Nc3ccc(S(=O)(=O)NC)cc3)CC2=O)cc1. The highest BCUT2D eigenvalue weighted by molar-refractivity contribution is 7.89. The lowest BCUT2D eigenvalue weighted by Crippen LogP contribution is -2.28. The second-order valence-corrected chi connectivity index (χ2v) is 8.53. The molecule has 1 aliphatic heterocycles. The summed E-state index contributed by atoms with van der Waals surface area (Å²) in [5, 5.41) is 2.76. The van der Waals surface area contributed by atoms with E-state index in [1.54, 1.807) is 4.90 Å². The lowest BCUT2D eigenvalue weighted by atomic mass is 10.1. The Morgan fingerprint density at radius 1 is 1.11 bits per heavy atom. The van der Waals surface area contributed by atoms with Crippen LogP contribution in [0.1, 0.15) is 18.9 Å². The van der Waals surface area contributed by atoms with Crippen molar-refractivity contribution in [1.29, 1.82) is 0 Å². The molecule has 148 valence electrons. The molecule has 2 amide bonds. The summed E-state index contributed by atoms with van der Waals surface area (Å²) in [7, 11) is -2.19. The van der Waals surface area contributed by atoms with Gasteiger partial charge in [-0.05, 0) is 55.4 Å². The zero-order chi connectivity index (χ0) is 20.3. The van der Waals surface area contributed by atoms with E-state index in [1.165, 1.54) is 36.9 Å². The highest BCUT2D eigenvalue weighted by atomic mass is 32.2. The highest BCUT2D eigenvalue weighted by Crippen LogP contribution is 2.26. The third-order valence-corrected chi connectivity index (χ3v) is 6.28. The average Bonchev–Trinajstić information content (AvgIpc) is 3.10. The van der Waals surface area contributed by atoms with Crippen molar-refractivity contribution in [2.24, 2.45) is 5.92 Å². The summed E-state index contributed by atoms with van der Waals surface area (Å²) in [6.45, 7) is 2.39.